The molecule has 3 atom stereocenters. The van der Waals surface area contributed by atoms with Crippen molar-refractivity contribution in [3.8, 4) is 5.75 Å². The van der Waals surface area contributed by atoms with Crippen molar-refractivity contribution in [2.45, 2.75) is 75.5 Å². The zero-order valence-corrected chi connectivity index (χ0v) is 20.1. The van der Waals surface area contributed by atoms with Crippen LogP contribution in [0.25, 0.3) is 0 Å². The molecule has 1 unspecified atom stereocenters. The average molecular weight is 481 g/mol. The molecule has 2 saturated carbocycles. The summed E-state index contributed by atoms with van der Waals surface area (Å²) >= 11 is 0. The van der Waals surface area contributed by atoms with Gasteiger partial charge in [-0.25, -0.2) is 13.1 Å². The third kappa shape index (κ3) is 6.26. The summed E-state index contributed by atoms with van der Waals surface area (Å²) < 4.78 is 38.4. The Morgan fingerprint density at radius 1 is 1.18 bits per heavy atom. The molecular weight excluding hydrogens is 444 g/mol. The fraction of sp³-hybridized carbons (Fsp3) is 0.708. The molecule has 1 amide bonds. The molecule has 0 saturated heterocycles. The first-order valence-electron chi connectivity index (χ1n) is 12.0. The van der Waals surface area contributed by atoms with Gasteiger partial charge >= 0.3 is 0 Å². The van der Waals surface area contributed by atoms with Crippen molar-refractivity contribution >= 4 is 15.9 Å². The molecule has 184 valence electrons. The number of fused-ring (bicyclic) bond motifs is 8. The number of sulfonamides is 1. The number of nitrogens with one attached hydrogen (secondary N) is 2. The van der Waals surface area contributed by atoms with Crippen LogP contribution < -0.4 is 14.8 Å². The third-order valence-electron chi connectivity index (χ3n) is 7.36. The van der Waals surface area contributed by atoms with Gasteiger partial charge in [0.2, 0.25) is 15.9 Å². The molecular formula is C24H36N2O6S. The van der Waals surface area contributed by atoms with E-state index < -0.39 is 21.5 Å². The fourth-order valence-corrected chi connectivity index (χ4v) is 6.30. The standard InChI is InChI=1S/C24H36N2O6S/c1-33(29,30)26-19-9-11-24(14-19)16-32-21-7-5-17(6-8-21)18-3-2-4-22(13-18)31-12-10-20(15-27)25-23(24)28/h2-4,13,17,19-21,26-27H,5-12,14-16H2,1H3,(H,25,28)/t17?,19?,20-,21?,24-/m0/s1. The molecule has 1 aromatic carbocycles. The SMILES string of the molecule is CS(=O)(=O)NC1CC[C@@]2(COC3CCC(CC3)c3cccc(c3)OCC[C@@H](CO)NC2=O)C1. The van der Waals surface area contributed by atoms with Gasteiger partial charge in [0.25, 0.3) is 0 Å². The lowest BCUT2D eigenvalue weighted by molar-refractivity contribution is -0.138. The fourth-order valence-electron chi connectivity index (χ4n) is 5.50. The predicted octanol–water partition coefficient (Wildman–Crippen LogP) is 2.08. The van der Waals surface area contributed by atoms with Gasteiger partial charge in [-0.2, -0.15) is 0 Å². The number of benzene rings is 1. The summed E-state index contributed by atoms with van der Waals surface area (Å²) in [6.45, 7) is 0.450. The van der Waals surface area contributed by atoms with E-state index in [0.717, 1.165) is 37.7 Å². The van der Waals surface area contributed by atoms with Crippen LogP contribution in [0.5, 0.6) is 5.75 Å². The lowest BCUT2D eigenvalue weighted by Crippen LogP contribution is -2.49. The van der Waals surface area contributed by atoms with Crippen LogP contribution in [0.2, 0.25) is 0 Å². The molecule has 1 aromatic rings. The Morgan fingerprint density at radius 2 is 1.97 bits per heavy atom. The highest BCUT2D eigenvalue weighted by molar-refractivity contribution is 7.88. The minimum absolute atomic E-state index is 0.0915. The lowest BCUT2D eigenvalue weighted by atomic mass is 9.82. The number of ether oxygens (including phenoxy) is 2. The van der Waals surface area contributed by atoms with Gasteiger partial charge in [0.1, 0.15) is 5.75 Å². The lowest BCUT2D eigenvalue weighted by Gasteiger charge is -2.34. The Labute approximate surface area is 196 Å². The molecule has 4 aliphatic rings. The van der Waals surface area contributed by atoms with E-state index >= 15 is 0 Å². The Kier molecular flexibility index (Phi) is 7.63. The smallest absolute Gasteiger partial charge is 0.228 e. The molecule has 0 radical (unpaired) electrons. The normalized spacial score (nSPS) is 33.6. The molecule has 9 heteroatoms. The Bertz CT molecular complexity index is 931. The zero-order valence-electron chi connectivity index (χ0n) is 19.3. The minimum atomic E-state index is -3.36. The molecule has 33 heavy (non-hydrogen) atoms. The van der Waals surface area contributed by atoms with Gasteiger partial charge in [0.15, 0.2) is 0 Å². The second-order valence-corrected chi connectivity index (χ2v) is 11.7. The number of aliphatic hydroxyl groups is 1. The number of hydrogen-bond acceptors (Lipinski definition) is 6. The van der Waals surface area contributed by atoms with Gasteiger partial charge in [0.05, 0.1) is 43.6 Å². The van der Waals surface area contributed by atoms with Crippen LogP contribution in [-0.4, -0.2) is 63.7 Å². The number of aliphatic hydroxyl groups excluding tert-OH is 1. The van der Waals surface area contributed by atoms with E-state index in [0.29, 0.717) is 38.2 Å². The van der Waals surface area contributed by atoms with E-state index in [1.165, 1.54) is 5.56 Å². The van der Waals surface area contributed by atoms with Crippen molar-refractivity contribution < 1.29 is 27.8 Å². The first-order valence-corrected chi connectivity index (χ1v) is 13.9. The van der Waals surface area contributed by atoms with Gasteiger partial charge in [-0.15, -0.1) is 0 Å². The van der Waals surface area contributed by atoms with E-state index in [1.807, 2.05) is 12.1 Å². The van der Waals surface area contributed by atoms with E-state index in [9.17, 15) is 18.3 Å². The molecule has 0 aromatic heterocycles. The zero-order chi connectivity index (χ0) is 23.5. The predicted molar refractivity (Wildman–Crippen MR) is 125 cm³/mol. The highest BCUT2D eigenvalue weighted by Gasteiger charge is 2.47. The van der Waals surface area contributed by atoms with Crippen molar-refractivity contribution in [2.75, 3.05) is 26.1 Å². The summed E-state index contributed by atoms with van der Waals surface area (Å²) in [5, 5.41) is 12.9. The van der Waals surface area contributed by atoms with Crippen molar-refractivity contribution in [3.63, 3.8) is 0 Å². The minimum Gasteiger partial charge on any atom is -0.494 e. The topological polar surface area (TPSA) is 114 Å². The van der Waals surface area contributed by atoms with Crippen LogP contribution in [0.3, 0.4) is 0 Å². The molecule has 2 aliphatic heterocycles. The summed E-state index contributed by atoms with van der Waals surface area (Å²) in [5.74, 6) is 1.10. The van der Waals surface area contributed by atoms with E-state index in [-0.39, 0.29) is 31.3 Å². The average Bonchev–Trinajstić information content (AvgIpc) is 3.19. The van der Waals surface area contributed by atoms with Gasteiger partial charge in [0, 0.05) is 12.5 Å². The molecule has 3 N–H and O–H groups in total. The number of carbonyl (C=O) groups is 1. The van der Waals surface area contributed by atoms with Crippen LogP contribution in [0, 0.1) is 5.41 Å². The van der Waals surface area contributed by atoms with Crippen molar-refractivity contribution in [2.24, 2.45) is 5.41 Å². The van der Waals surface area contributed by atoms with E-state index in [2.05, 4.69) is 22.2 Å². The molecule has 5 rings (SSSR count). The monoisotopic (exact) mass is 480 g/mol. The van der Waals surface area contributed by atoms with Crippen molar-refractivity contribution in [3.05, 3.63) is 29.8 Å². The second-order valence-electron chi connectivity index (χ2n) is 9.96. The van der Waals surface area contributed by atoms with E-state index in [4.69, 9.17) is 9.47 Å². The Hall–Kier alpha value is -1.68. The second kappa shape index (κ2) is 10.3. The Balaban J connectivity index is 1.53. The van der Waals surface area contributed by atoms with E-state index in [1.54, 1.807) is 0 Å². The summed E-state index contributed by atoms with van der Waals surface area (Å²) in [7, 11) is -3.36. The molecule has 8 nitrogen and oxygen atoms in total. The number of amides is 1. The van der Waals surface area contributed by atoms with Crippen molar-refractivity contribution in [1.29, 1.82) is 0 Å². The quantitative estimate of drug-likeness (QED) is 0.610. The first kappa shape index (κ1) is 24.4. The van der Waals surface area contributed by atoms with Crippen LogP contribution >= 0.6 is 0 Å². The van der Waals surface area contributed by atoms with Gasteiger partial charge in [-0.3, -0.25) is 4.79 Å². The van der Waals surface area contributed by atoms with Crippen LogP contribution in [-0.2, 0) is 19.6 Å². The maximum atomic E-state index is 13.4. The molecule has 2 heterocycles. The first-order chi connectivity index (χ1) is 15.8. The molecule has 1 spiro atoms. The largest absolute Gasteiger partial charge is 0.494 e. The number of carbonyl (C=O) groups excluding carboxylic acids is 1. The van der Waals surface area contributed by atoms with Crippen LogP contribution in [0.15, 0.2) is 24.3 Å². The summed E-state index contributed by atoms with van der Waals surface area (Å²) in [6.07, 6.45) is 7.13. The Morgan fingerprint density at radius 3 is 2.70 bits per heavy atom. The van der Waals surface area contributed by atoms with Crippen LogP contribution in [0.4, 0.5) is 0 Å². The van der Waals surface area contributed by atoms with Crippen LogP contribution in [0.1, 0.15) is 62.8 Å². The molecule has 2 aliphatic carbocycles. The van der Waals surface area contributed by atoms with Gasteiger partial charge in [-0.05, 0) is 68.6 Å². The summed E-state index contributed by atoms with van der Waals surface area (Å²) in [4.78, 5) is 13.4. The number of hydrogen-bond donors (Lipinski definition) is 3. The van der Waals surface area contributed by atoms with Gasteiger partial charge in [-0.1, -0.05) is 12.1 Å². The molecule has 2 fully saturated rings. The number of rotatable bonds is 3. The highest BCUT2D eigenvalue weighted by atomic mass is 32.2. The summed E-state index contributed by atoms with van der Waals surface area (Å²) in [6, 6.07) is 7.48. The molecule has 4 bridgehead atoms. The maximum absolute atomic E-state index is 13.4. The van der Waals surface area contributed by atoms with Gasteiger partial charge < -0.3 is 19.9 Å². The third-order valence-corrected chi connectivity index (χ3v) is 8.12. The highest BCUT2D eigenvalue weighted by Crippen LogP contribution is 2.41. The summed E-state index contributed by atoms with van der Waals surface area (Å²) in [5.41, 5.74) is 0.474. The van der Waals surface area contributed by atoms with Crippen molar-refractivity contribution in [1.82, 2.24) is 10.0 Å². The maximum Gasteiger partial charge on any atom is 0.228 e.